The van der Waals surface area contributed by atoms with Crippen LogP contribution in [0.1, 0.15) is 15.9 Å². The lowest BCUT2D eigenvalue weighted by Crippen LogP contribution is -2.39. The van der Waals surface area contributed by atoms with Crippen LogP contribution in [-0.4, -0.2) is 34.8 Å². The van der Waals surface area contributed by atoms with Gasteiger partial charge in [-0.2, -0.15) is 13.2 Å². The molecular weight excluding hydrogens is 340 g/mol. The van der Waals surface area contributed by atoms with Crippen LogP contribution in [0.4, 0.5) is 23.2 Å². The predicted molar refractivity (Wildman–Crippen MR) is 82.6 cm³/mol. The van der Waals surface area contributed by atoms with E-state index in [1.807, 2.05) is 0 Å². The Hall–Kier alpha value is -2.97. The second kappa shape index (κ2) is 6.50. The number of alkyl halides is 3. The molecule has 25 heavy (non-hydrogen) atoms. The van der Waals surface area contributed by atoms with Crippen LogP contribution in [-0.2, 0) is 6.18 Å². The largest absolute Gasteiger partial charge is 0.418 e. The maximum absolute atomic E-state index is 14.0. The molecule has 1 amide bonds. The highest BCUT2D eigenvalue weighted by molar-refractivity contribution is 6.10. The first-order valence-corrected chi connectivity index (χ1v) is 7.27. The molecule has 0 saturated heterocycles. The van der Waals surface area contributed by atoms with Gasteiger partial charge in [-0.05, 0) is 24.3 Å². The smallest absolute Gasteiger partial charge is 0.323 e. The number of nitrogens with zero attached hydrogens (tertiary/aromatic N) is 3. The van der Waals surface area contributed by atoms with Crippen molar-refractivity contribution in [3.63, 3.8) is 0 Å². The number of para-hydroxylation sites is 1. The summed E-state index contributed by atoms with van der Waals surface area (Å²) in [5.41, 5.74) is -1.68. The lowest BCUT2D eigenvalue weighted by molar-refractivity contribution is -0.137. The number of hydrogen-bond acceptors (Lipinski definition) is 4. The Morgan fingerprint density at radius 1 is 1.20 bits per heavy atom. The number of aromatic nitrogens is 1. The Bertz CT molecular complexity index is 821. The van der Waals surface area contributed by atoms with Crippen LogP contribution >= 0.6 is 0 Å². The van der Waals surface area contributed by atoms with Crippen molar-refractivity contribution in [2.24, 2.45) is 4.99 Å². The van der Waals surface area contributed by atoms with E-state index in [9.17, 15) is 22.4 Å². The van der Waals surface area contributed by atoms with E-state index in [-0.39, 0.29) is 24.6 Å². The summed E-state index contributed by atoms with van der Waals surface area (Å²) in [6.07, 6.45) is -1.92. The van der Waals surface area contributed by atoms with Gasteiger partial charge in [0.2, 0.25) is 5.96 Å². The highest BCUT2D eigenvalue weighted by Crippen LogP contribution is 2.36. The third kappa shape index (κ3) is 3.44. The van der Waals surface area contributed by atoms with Gasteiger partial charge in [0, 0.05) is 18.9 Å². The molecule has 1 aliphatic rings. The molecular formula is C16H12F4N4O. The second-order valence-electron chi connectivity index (χ2n) is 5.19. The molecule has 130 valence electrons. The third-order valence-electron chi connectivity index (χ3n) is 3.55. The van der Waals surface area contributed by atoms with Gasteiger partial charge < -0.3 is 5.32 Å². The minimum atomic E-state index is -4.75. The Kier molecular flexibility index (Phi) is 4.39. The molecule has 0 saturated carbocycles. The van der Waals surface area contributed by atoms with Crippen molar-refractivity contribution in [2.75, 3.05) is 18.4 Å². The molecule has 1 N–H and O–H groups in total. The molecule has 3 rings (SSSR count). The van der Waals surface area contributed by atoms with Gasteiger partial charge in [0.15, 0.2) is 0 Å². The summed E-state index contributed by atoms with van der Waals surface area (Å²) in [6, 6.07) is 5.72. The number of aliphatic imine (C=N–C) groups is 1. The Morgan fingerprint density at radius 2 is 2.00 bits per heavy atom. The standard InChI is InChI=1S/C16H12F4N4O/c17-12-5-1-4-11(16(18,19)20)13(12)23-15-22-7-8-24(15)14(25)10-3-2-6-21-9-10/h1-6,9H,7-8H2,(H,22,23). The van der Waals surface area contributed by atoms with Crippen LogP contribution in [0.3, 0.4) is 0 Å². The van der Waals surface area contributed by atoms with Gasteiger partial charge in [-0.3, -0.25) is 19.7 Å². The zero-order valence-electron chi connectivity index (χ0n) is 12.7. The zero-order chi connectivity index (χ0) is 18.0. The van der Waals surface area contributed by atoms with Gasteiger partial charge in [0.1, 0.15) is 5.82 Å². The summed E-state index contributed by atoms with van der Waals surface area (Å²) >= 11 is 0. The van der Waals surface area contributed by atoms with Crippen LogP contribution < -0.4 is 5.32 Å². The Balaban J connectivity index is 1.90. The van der Waals surface area contributed by atoms with Crippen LogP contribution in [0.25, 0.3) is 0 Å². The normalized spacial score (nSPS) is 14.4. The fraction of sp³-hybridized carbons (Fsp3) is 0.188. The summed E-state index contributed by atoms with van der Waals surface area (Å²) in [5, 5.41) is 2.32. The highest BCUT2D eigenvalue weighted by Gasteiger charge is 2.36. The van der Waals surface area contributed by atoms with Crippen molar-refractivity contribution < 1.29 is 22.4 Å². The quantitative estimate of drug-likeness (QED) is 0.845. The average Bonchev–Trinajstić information content (AvgIpc) is 3.04. The first kappa shape index (κ1) is 16.9. The molecule has 5 nitrogen and oxygen atoms in total. The number of nitrogens with one attached hydrogen (secondary N) is 1. The molecule has 0 unspecified atom stereocenters. The number of amides is 1. The number of halogens is 4. The topological polar surface area (TPSA) is 57.6 Å². The average molecular weight is 352 g/mol. The Labute approximate surface area is 140 Å². The van der Waals surface area contributed by atoms with E-state index in [1.165, 1.54) is 18.5 Å². The van der Waals surface area contributed by atoms with Crippen LogP contribution in [0.5, 0.6) is 0 Å². The number of hydrogen-bond donors (Lipinski definition) is 1. The molecule has 0 atom stereocenters. The van der Waals surface area contributed by atoms with E-state index in [0.717, 1.165) is 23.1 Å². The second-order valence-corrected chi connectivity index (χ2v) is 5.19. The van der Waals surface area contributed by atoms with Gasteiger partial charge in [0.05, 0.1) is 23.4 Å². The maximum atomic E-state index is 14.0. The molecule has 1 aromatic carbocycles. The van der Waals surface area contributed by atoms with Crippen molar-refractivity contribution in [1.29, 1.82) is 0 Å². The molecule has 2 aromatic rings. The fourth-order valence-corrected chi connectivity index (χ4v) is 2.40. The Morgan fingerprint density at radius 3 is 2.68 bits per heavy atom. The summed E-state index contributed by atoms with van der Waals surface area (Å²) in [4.78, 5) is 21.4. The molecule has 1 aliphatic heterocycles. The summed E-state index contributed by atoms with van der Waals surface area (Å²) < 4.78 is 53.2. The van der Waals surface area contributed by atoms with Gasteiger partial charge in [0.25, 0.3) is 5.91 Å². The first-order valence-electron chi connectivity index (χ1n) is 7.27. The summed E-state index contributed by atoms with van der Waals surface area (Å²) in [6.45, 7) is 0.371. The van der Waals surface area contributed by atoms with Crippen LogP contribution in [0.15, 0.2) is 47.7 Å². The third-order valence-corrected chi connectivity index (χ3v) is 3.55. The molecule has 0 radical (unpaired) electrons. The monoisotopic (exact) mass is 352 g/mol. The minimum absolute atomic E-state index is 0.135. The first-order chi connectivity index (χ1) is 11.9. The van der Waals surface area contributed by atoms with E-state index in [1.54, 1.807) is 6.07 Å². The predicted octanol–water partition coefficient (Wildman–Crippen LogP) is 3.16. The minimum Gasteiger partial charge on any atom is -0.323 e. The lowest BCUT2D eigenvalue weighted by atomic mass is 10.1. The number of carbonyl (C=O) groups excluding carboxylic acids is 1. The number of guanidine groups is 1. The summed E-state index contributed by atoms with van der Waals surface area (Å²) in [5.74, 6) is -1.70. The van der Waals surface area contributed by atoms with E-state index in [0.29, 0.717) is 0 Å². The number of rotatable bonds is 2. The van der Waals surface area contributed by atoms with Crippen molar-refractivity contribution in [3.8, 4) is 0 Å². The molecule has 0 spiro atoms. The number of anilines is 1. The zero-order valence-corrected chi connectivity index (χ0v) is 12.7. The number of benzene rings is 1. The molecule has 0 bridgehead atoms. The fourth-order valence-electron chi connectivity index (χ4n) is 2.40. The van der Waals surface area contributed by atoms with Gasteiger partial charge >= 0.3 is 6.18 Å². The molecule has 0 aliphatic carbocycles. The van der Waals surface area contributed by atoms with E-state index < -0.39 is 29.2 Å². The molecule has 0 fully saturated rings. The molecule has 2 heterocycles. The van der Waals surface area contributed by atoms with Crippen molar-refractivity contribution >= 4 is 17.6 Å². The van der Waals surface area contributed by atoms with Gasteiger partial charge in [-0.25, -0.2) is 4.39 Å². The molecule has 9 heteroatoms. The van der Waals surface area contributed by atoms with Crippen LogP contribution in [0, 0.1) is 5.82 Å². The number of pyridine rings is 1. The maximum Gasteiger partial charge on any atom is 0.418 e. The highest BCUT2D eigenvalue weighted by atomic mass is 19.4. The SMILES string of the molecule is O=C(c1cccnc1)N1CCN=C1Nc1c(F)cccc1C(F)(F)F. The summed E-state index contributed by atoms with van der Waals surface area (Å²) in [7, 11) is 0. The van der Waals surface area contributed by atoms with Gasteiger partial charge in [-0.15, -0.1) is 0 Å². The van der Waals surface area contributed by atoms with Gasteiger partial charge in [-0.1, -0.05) is 6.07 Å². The van der Waals surface area contributed by atoms with Crippen LogP contribution in [0.2, 0.25) is 0 Å². The van der Waals surface area contributed by atoms with Crippen molar-refractivity contribution in [1.82, 2.24) is 9.88 Å². The van der Waals surface area contributed by atoms with E-state index in [2.05, 4.69) is 15.3 Å². The van der Waals surface area contributed by atoms with E-state index in [4.69, 9.17) is 0 Å². The van der Waals surface area contributed by atoms with Crippen molar-refractivity contribution in [3.05, 3.63) is 59.7 Å². The number of carbonyl (C=O) groups is 1. The lowest BCUT2D eigenvalue weighted by Gasteiger charge is -2.21. The van der Waals surface area contributed by atoms with E-state index >= 15 is 0 Å². The molecule has 1 aromatic heterocycles. The van der Waals surface area contributed by atoms with Crippen molar-refractivity contribution in [2.45, 2.75) is 6.18 Å².